The van der Waals surface area contributed by atoms with E-state index >= 15 is 0 Å². The number of hydrogen-bond acceptors (Lipinski definition) is 5. The Morgan fingerprint density at radius 2 is 1.85 bits per heavy atom. The maximum atomic E-state index is 11.5. The number of aromatic nitrogens is 3. The third kappa shape index (κ3) is 2.99. The van der Waals surface area contributed by atoms with Crippen LogP contribution in [0.5, 0.6) is 0 Å². The molecule has 7 heteroatoms. The molecule has 26 heavy (non-hydrogen) atoms. The average molecular weight is 344 g/mol. The van der Waals surface area contributed by atoms with Gasteiger partial charge in [-0.15, -0.1) is 0 Å². The Labute approximate surface area is 149 Å². The van der Waals surface area contributed by atoms with Crippen LogP contribution in [0, 0.1) is 0 Å². The third-order valence-electron chi connectivity index (χ3n) is 4.06. The zero-order valence-corrected chi connectivity index (χ0v) is 13.7. The van der Waals surface area contributed by atoms with Crippen molar-refractivity contribution in [3.8, 4) is 11.3 Å². The lowest BCUT2D eigenvalue weighted by atomic mass is 10.1. The van der Waals surface area contributed by atoms with Gasteiger partial charge < -0.3 is 10.3 Å². The quantitative estimate of drug-likeness (QED) is 0.258. The van der Waals surface area contributed by atoms with Crippen LogP contribution in [0.3, 0.4) is 0 Å². The summed E-state index contributed by atoms with van der Waals surface area (Å²) in [7, 11) is 0. The van der Waals surface area contributed by atoms with Crippen molar-refractivity contribution in [2.75, 3.05) is 5.32 Å². The predicted molar refractivity (Wildman–Crippen MR) is 101 cm³/mol. The second-order valence-electron chi connectivity index (χ2n) is 5.69. The average Bonchev–Trinajstić information content (AvgIpc) is 3.12. The normalized spacial score (nSPS) is 10.7. The van der Waals surface area contributed by atoms with Gasteiger partial charge >= 0.3 is 0 Å². The standard InChI is InChI=1S/C19H16N6O/c20-25-18(26)12-5-7-13(8-6-12)23-19-21-10-9-17(24-19)15-11-22-16-4-2-1-3-14(15)16/h1-11,22H,20H2,(H,25,26)(H,21,23,24). The Kier molecular flexibility index (Phi) is 4.04. The number of nitrogens with zero attached hydrogens (tertiary/aromatic N) is 2. The predicted octanol–water partition coefficient (Wildman–Crippen LogP) is 2.97. The van der Waals surface area contributed by atoms with Crippen LogP contribution in [0.4, 0.5) is 11.6 Å². The first kappa shape index (κ1) is 15.8. The summed E-state index contributed by atoms with van der Waals surface area (Å²) in [5.74, 6) is 5.27. The Bertz CT molecular complexity index is 1070. The first-order valence-corrected chi connectivity index (χ1v) is 8.02. The van der Waals surface area contributed by atoms with E-state index in [0.717, 1.165) is 27.8 Å². The van der Waals surface area contributed by atoms with Gasteiger partial charge in [0.25, 0.3) is 5.91 Å². The van der Waals surface area contributed by atoms with E-state index in [-0.39, 0.29) is 5.91 Å². The van der Waals surface area contributed by atoms with E-state index in [4.69, 9.17) is 5.84 Å². The summed E-state index contributed by atoms with van der Waals surface area (Å²) in [6.45, 7) is 0. The summed E-state index contributed by atoms with van der Waals surface area (Å²) in [6, 6.07) is 16.8. The Hall–Kier alpha value is -3.71. The minimum Gasteiger partial charge on any atom is -0.360 e. The van der Waals surface area contributed by atoms with E-state index in [2.05, 4.69) is 31.8 Å². The van der Waals surface area contributed by atoms with Crippen LogP contribution in [0.25, 0.3) is 22.2 Å². The molecule has 0 aliphatic carbocycles. The molecule has 0 aliphatic rings. The fourth-order valence-electron chi connectivity index (χ4n) is 2.77. The van der Waals surface area contributed by atoms with E-state index in [0.29, 0.717) is 11.5 Å². The van der Waals surface area contributed by atoms with Crippen molar-refractivity contribution in [1.82, 2.24) is 20.4 Å². The largest absolute Gasteiger partial charge is 0.360 e. The molecule has 1 amide bonds. The van der Waals surface area contributed by atoms with Crippen LogP contribution < -0.4 is 16.6 Å². The number of nitrogen functional groups attached to an aromatic ring is 1. The highest BCUT2D eigenvalue weighted by atomic mass is 16.2. The van der Waals surface area contributed by atoms with Crippen molar-refractivity contribution in [2.24, 2.45) is 5.84 Å². The monoisotopic (exact) mass is 344 g/mol. The number of nitrogens with two attached hydrogens (primary N) is 1. The fourth-order valence-corrected chi connectivity index (χ4v) is 2.77. The number of H-pyrrole nitrogens is 1. The second-order valence-corrected chi connectivity index (χ2v) is 5.69. The van der Waals surface area contributed by atoms with Crippen LogP contribution in [-0.2, 0) is 0 Å². The molecule has 4 aromatic rings. The van der Waals surface area contributed by atoms with Crippen molar-refractivity contribution in [3.05, 3.63) is 72.6 Å². The minimum absolute atomic E-state index is 0.339. The summed E-state index contributed by atoms with van der Waals surface area (Å²) in [5.41, 5.74) is 6.25. The number of amides is 1. The van der Waals surface area contributed by atoms with Gasteiger partial charge in [0.05, 0.1) is 5.69 Å². The van der Waals surface area contributed by atoms with E-state index in [1.165, 1.54) is 0 Å². The van der Waals surface area contributed by atoms with Gasteiger partial charge in [0, 0.05) is 40.1 Å². The number of carbonyl (C=O) groups is 1. The second kappa shape index (κ2) is 6.66. The molecule has 4 rings (SSSR count). The molecule has 128 valence electrons. The molecule has 2 heterocycles. The molecule has 0 fully saturated rings. The number of hydrogen-bond donors (Lipinski definition) is 4. The number of benzene rings is 2. The molecular formula is C19H16N6O. The maximum absolute atomic E-state index is 11.5. The van der Waals surface area contributed by atoms with Crippen LogP contribution in [0.15, 0.2) is 67.0 Å². The van der Waals surface area contributed by atoms with E-state index < -0.39 is 0 Å². The number of carbonyl (C=O) groups excluding carboxylic acids is 1. The summed E-state index contributed by atoms with van der Waals surface area (Å²) >= 11 is 0. The minimum atomic E-state index is -0.339. The van der Waals surface area contributed by atoms with Gasteiger partial charge in [-0.1, -0.05) is 18.2 Å². The number of hydrazine groups is 1. The molecule has 0 saturated carbocycles. The zero-order chi connectivity index (χ0) is 17.9. The van der Waals surface area contributed by atoms with Gasteiger partial charge in [0.2, 0.25) is 5.95 Å². The number of anilines is 2. The molecule has 0 aliphatic heterocycles. The lowest BCUT2D eigenvalue weighted by Crippen LogP contribution is -2.29. The van der Waals surface area contributed by atoms with Crippen molar-refractivity contribution in [1.29, 1.82) is 0 Å². The van der Waals surface area contributed by atoms with Gasteiger partial charge in [-0.05, 0) is 36.4 Å². The highest BCUT2D eigenvalue weighted by Gasteiger charge is 2.09. The first-order valence-electron chi connectivity index (χ1n) is 8.02. The number of aromatic amines is 1. The highest BCUT2D eigenvalue weighted by molar-refractivity contribution is 5.95. The molecule has 2 aromatic heterocycles. The molecule has 7 nitrogen and oxygen atoms in total. The fraction of sp³-hybridized carbons (Fsp3) is 0. The van der Waals surface area contributed by atoms with Gasteiger partial charge in [-0.25, -0.2) is 15.8 Å². The van der Waals surface area contributed by atoms with Gasteiger partial charge in [-0.2, -0.15) is 0 Å². The number of rotatable bonds is 4. The molecule has 0 bridgehead atoms. The molecule has 0 radical (unpaired) electrons. The third-order valence-corrected chi connectivity index (χ3v) is 4.06. The van der Waals surface area contributed by atoms with E-state index in [1.54, 1.807) is 30.5 Å². The number of nitrogens with one attached hydrogen (secondary N) is 3. The van der Waals surface area contributed by atoms with E-state index in [1.807, 2.05) is 30.5 Å². The van der Waals surface area contributed by atoms with Crippen LogP contribution >= 0.6 is 0 Å². The van der Waals surface area contributed by atoms with Gasteiger partial charge in [0.15, 0.2) is 0 Å². The first-order chi connectivity index (χ1) is 12.7. The Morgan fingerprint density at radius 3 is 2.65 bits per heavy atom. The van der Waals surface area contributed by atoms with Crippen molar-refractivity contribution in [2.45, 2.75) is 0 Å². The van der Waals surface area contributed by atoms with Crippen LogP contribution in [0.2, 0.25) is 0 Å². The van der Waals surface area contributed by atoms with Crippen LogP contribution in [-0.4, -0.2) is 20.9 Å². The maximum Gasteiger partial charge on any atom is 0.265 e. The molecular weight excluding hydrogens is 328 g/mol. The highest BCUT2D eigenvalue weighted by Crippen LogP contribution is 2.27. The molecule has 0 atom stereocenters. The zero-order valence-electron chi connectivity index (χ0n) is 13.7. The van der Waals surface area contributed by atoms with Gasteiger partial charge in [0.1, 0.15) is 0 Å². The summed E-state index contributed by atoms with van der Waals surface area (Å²) in [6.07, 6.45) is 3.65. The summed E-state index contributed by atoms with van der Waals surface area (Å²) in [4.78, 5) is 23.6. The number of fused-ring (bicyclic) bond motifs is 1. The van der Waals surface area contributed by atoms with Crippen molar-refractivity contribution >= 4 is 28.4 Å². The molecule has 0 saturated heterocycles. The summed E-state index contributed by atoms with van der Waals surface area (Å²) in [5, 5.41) is 4.25. The molecule has 0 unspecified atom stereocenters. The van der Waals surface area contributed by atoms with Crippen LogP contribution in [0.1, 0.15) is 10.4 Å². The van der Waals surface area contributed by atoms with Crippen molar-refractivity contribution in [3.63, 3.8) is 0 Å². The van der Waals surface area contributed by atoms with Crippen molar-refractivity contribution < 1.29 is 4.79 Å². The van der Waals surface area contributed by atoms with E-state index in [9.17, 15) is 4.79 Å². The summed E-state index contributed by atoms with van der Waals surface area (Å²) < 4.78 is 0. The number of para-hydroxylation sites is 1. The SMILES string of the molecule is NNC(=O)c1ccc(Nc2nccc(-c3c[nH]c4ccccc34)n2)cc1. The van der Waals surface area contributed by atoms with Gasteiger partial charge in [-0.3, -0.25) is 10.2 Å². The smallest absolute Gasteiger partial charge is 0.265 e. The lowest BCUT2D eigenvalue weighted by Gasteiger charge is -2.07. The Balaban J connectivity index is 1.61. The topological polar surface area (TPSA) is 109 Å². The Morgan fingerprint density at radius 1 is 1.04 bits per heavy atom. The lowest BCUT2D eigenvalue weighted by molar-refractivity contribution is 0.0953. The molecule has 2 aromatic carbocycles. The molecule has 0 spiro atoms. The molecule has 5 N–H and O–H groups in total.